The zero-order chi connectivity index (χ0) is 24.9. The number of hydrogen-bond acceptors (Lipinski definition) is 4. The van der Waals surface area contributed by atoms with E-state index in [-0.39, 0.29) is 41.0 Å². The van der Waals surface area contributed by atoms with Crippen molar-refractivity contribution in [3.8, 4) is 0 Å². The van der Waals surface area contributed by atoms with Crippen LogP contribution in [0, 0.1) is 5.92 Å². The van der Waals surface area contributed by atoms with Crippen LogP contribution in [0.25, 0.3) is 10.9 Å². The Morgan fingerprint density at radius 2 is 1.91 bits per heavy atom. The van der Waals surface area contributed by atoms with E-state index < -0.39 is 51.4 Å². The van der Waals surface area contributed by atoms with Crippen LogP contribution in [0.5, 0.6) is 0 Å². The highest BCUT2D eigenvalue weighted by atomic mass is 32.2. The molecular formula is C21H19F5N4O3S. The molecule has 1 aliphatic carbocycles. The quantitative estimate of drug-likeness (QED) is 0.505. The van der Waals surface area contributed by atoms with Gasteiger partial charge in [0, 0.05) is 30.5 Å². The van der Waals surface area contributed by atoms with Crippen molar-refractivity contribution in [2.24, 2.45) is 11.1 Å². The number of nitrogens with one attached hydrogen (secondary N) is 1. The van der Waals surface area contributed by atoms with E-state index in [1.807, 2.05) is 0 Å². The van der Waals surface area contributed by atoms with Gasteiger partial charge in [0.25, 0.3) is 5.91 Å². The van der Waals surface area contributed by atoms with Gasteiger partial charge in [0.2, 0.25) is 15.9 Å². The number of sulfonamides is 1. The number of nitrogens with two attached hydrogens (primary N) is 1. The molecule has 7 nitrogen and oxygen atoms in total. The number of halogens is 5. The van der Waals surface area contributed by atoms with E-state index in [4.69, 9.17) is 5.14 Å². The van der Waals surface area contributed by atoms with Gasteiger partial charge < -0.3 is 5.32 Å². The summed E-state index contributed by atoms with van der Waals surface area (Å²) in [6.07, 6.45) is -5.44. The van der Waals surface area contributed by atoms with E-state index in [1.165, 1.54) is 24.3 Å². The maximum Gasteiger partial charge on any atom is 0.418 e. The molecule has 4 rings (SSSR count). The standard InChI is InChI=1S/C21H19F5N4O3S/c22-20(23)8-7-12(10-20)11-30-18(15-5-2-6-16(17(15)29-30)21(24,25)26)19(31)28-13-3-1-4-14(9-13)34(27,32)33/h1-6,9,12H,7-8,10-11H2,(H,28,31)(H2,27,32,33). The van der Waals surface area contributed by atoms with Gasteiger partial charge in [-0.2, -0.15) is 18.3 Å². The second kappa shape index (κ2) is 8.31. The van der Waals surface area contributed by atoms with Crippen LogP contribution in [-0.2, 0) is 22.7 Å². The first kappa shape index (κ1) is 24.1. The number of primary sulfonamides is 1. The minimum absolute atomic E-state index is 0.0248. The Bertz CT molecular complexity index is 1370. The molecule has 1 fully saturated rings. The lowest BCUT2D eigenvalue weighted by Gasteiger charge is -2.14. The number of benzene rings is 2. The molecule has 182 valence electrons. The number of carbonyl (C=O) groups is 1. The smallest absolute Gasteiger partial charge is 0.321 e. The molecule has 0 bridgehead atoms. The minimum atomic E-state index is -4.75. The Kier molecular flexibility index (Phi) is 5.88. The molecule has 1 heterocycles. The molecule has 0 saturated heterocycles. The summed E-state index contributed by atoms with van der Waals surface area (Å²) < 4.78 is 92.2. The summed E-state index contributed by atoms with van der Waals surface area (Å²) in [6.45, 7) is -0.179. The van der Waals surface area contributed by atoms with Crippen LogP contribution in [0.1, 0.15) is 35.3 Å². The zero-order valence-electron chi connectivity index (χ0n) is 17.4. The summed E-state index contributed by atoms with van der Waals surface area (Å²) in [6, 6.07) is 8.23. The summed E-state index contributed by atoms with van der Waals surface area (Å²) in [5.74, 6) is -4.35. The fourth-order valence-corrected chi connectivity index (χ4v) is 4.70. The number of rotatable bonds is 5. The van der Waals surface area contributed by atoms with Crippen molar-refractivity contribution < 1.29 is 35.2 Å². The molecule has 1 amide bonds. The van der Waals surface area contributed by atoms with Crippen molar-refractivity contribution in [2.45, 2.75) is 42.8 Å². The monoisotopic (exact) mass is 502 g/mol. The lowest BCUT2D eigenvalue weighted by Crippen LogP contribution is -2.21. The molecule has 1 unspecified atom stereocenters. The minimum Gasteiger partial charge on any atom is -0.321 e. The van der Waals surface area contributed by atoms with Crippen LogP contribution in [-0.4, -0.2) is 30.0 Å². The Morgan fingerprint density at radius 3 is 2.53 bits per heavy atom. The third-order valence-corrected chi connectivity index (χ3v) is 6.56. The molecule has 1 aliphatic rings. The topological polar surface area (TPSA) is 107 Å². The van der Waals surface area contributed by atoms with E-state index in [1.54, 1.807) is 0 Å². The van der Waals surface area contributed by atoms with Crippen LogP contribution in [0.4, 0.5) is 27.6 Å². The van der Waals surface area contributed by atoms with Gasteiger partial charge in [-0.1, -0.05) is 18.2 Å². The van der Waals surface area contributed by atoms with Crippen molar-refractivity contribution in [3.05, 3.63) is 53.7 Å². The van der Waals surface area contributed by atoms with Gasteiger partial charge in [0.05, 0.1) is 10.5 Å². The average molecular weight is 502 g/mol. The molecule has 0 aliphatic heterocycles. The Morgan fingerprint density at radius 1 is 1.21 bits per heavy atom. The molecule has 0 radical (unpaired) electrons. The zero-order valence-corrected chi connectivity index (χ0v) is 18.3. The molecule has 13 heteroatoms. The summed E-state index contributed by atoms with van der Waals surface area (Å²) >= 11 is 0. The lowest BCUT2D eigenvalue weighted by molar-refractivity contribution is -0.136. The van der Waals surface area contributed by atoms with Crippen molar-refractivity contribution in [2.75, 3.05) is 5.32 Å². The number of fused-ring (bicyclic) bond motifs is 1. The van der Waals surface area contributed by atoms with Gasteiger partial charge in [0.1, 0.15) is 11.2 Å². The second-order valence-corrected chi connectivity index (χ2v) is 9.78. The van der Waals surface area contributed by atoms with Crippen LogP contribution in [0.2, 0.25) is 0 Å². The fourth-order valence-electron chi connectivity index (χ4n) is 4.14. The van der Waals surface area contributed by atoms with Crippen molar-refractivity contribution in [1.29, 1.82) is 0 Å². The number of carbonyl (C=O) groups excluding carboxylic acids is 1. The van der Waals surface area contributed by atoms with Crippen molar-refractivity contribution in [1.82, 2.24) is 9.78 Å². The predicted octanol–water partition coefficient (Wildman–Crippen LogP) is 4.39. The summed E-state index contributed by atoms with van der Waals surface area (Å²) in [7, 11) is -4.07. The van der Waals surface area contributed by atoms with Crippen LogP contribution in [0.15, 0.2) is 47.4 Å². The number of nitrogens with zero attached hydrogens (tertiary/aromatic N) is 2. The first-order valence-electron chi connectivity index (χ1n) is 10.1. The third kappa shape index (κ3) is 4.89. The third-order valence-electron chi connectivity index (χ3n) is 5.65. The fraction of sp³-hybridized carbons (Fsp3) is 0.333. The van der Waals surface area contributed by atoms with Gasteiger partial charge >= 0.3 is 6.18 Å². The molecule has 1 aromatic heterocycles. The van der Waals surface area contributed by atoms with E-state index >= 15 is 0 Å². The highest BCUT2D eigenvalue weighted by Gasteiger charge is 2.40. The van der Waals surface area contributed by atoms with Crippen molar-refractivity contribution >= 4 is 32.5 Å². The SMILES string of the molecule is NS(=O)(=O)c1cccc(NC(=O)c2c3cccc(C(F)(F)F)c3nn2CC2CCC(F)(F)C2)c1. The molecule has 0 spiro atoms. The highest BCUT2D eigenvalue weighted by molar-refractivity contribution is 7.89. The van der Waals surface area contributed by atoms with Gasteiger partial charge in [0.15, 0.2) is 0 Å². The molecule has 34 heavy (non-hydrogen) atoms. The number of alkyl halides is 5. The molecule has 1 saturated carbocycles. The van der Waals surface area contributed by atoms with E-state index in [0.29, 0.717) is 0 Å². The second-order valence-electron chi connectivity index (χ2n) is 8.22. The largest absolute Gasteiger partial charge is 0.418 e. The lowest BCUT2D eigenvalue weighted by atomic mass is 10.1. The molecule has 1 atom stereocenters. The molecular weight excluding hydrogens is 483 g/mol. The number of hydrogen-bond donors (Lipinski definition) is 2. The van der Waals surface area contributed by atoms with Gasteiger partial charge in [-0.15, -0.1) is 0 Å². The van der Waals surface area contributed by atoms with E-state index in [0.717, 1.165) is 22.9 Å². The van der Waals surface area contributed by atoms with Gasteiger partial charge in [-0.3, -0.25) is 9.48 Å². The van der Waals surface area contributed by atoms with Gasteiger partial charge in [-0.25, -0.2) is 22.3 Å². The Hall–Kier alpha value is -3.06. The van der Waals surface area contributed by atoms with Crippen LogP contribution >= 0.6 is 0 Å². The number of amides is 1. The number of anilines is 1. The van der Waals surface area contributed by atoms with Crippen molar-refractivity contribution in [3.63, 3.8) is 0 Å². The first-order valence-corrected chi connectivity index (χ1v) is 11.7. The maximum atomic E-state index is 13.7. The van der Waals surface area contributed by atoms with E-state index in [2.05, 4.69) is 10.4 Å². The number of aromatic nitrogens is 2. The molecule has 3 N–H and O–H groups in total. The Labute approximate surface area is 190 Å². The maximum absolute atomic E-state index is 13.7. The van der Waals surface area contributed by atoms with E-state index in [9.17, 15) is 35.2 Å². The van der Waals surface area contributed by atoms with Gasteiger partial charge in [-0.05, 0) is 36.6 Å². The highest BCUT2D eigenvalue weighted by Crippen LogP contribution is 2.40. The van der Waals surface area contributed by atoms with Crippen LogP contribution in [0.3, 0.4) is 0 Å². The molecule has 3 aromatic rings. The molecule has 2 aromatic carbocycles. The normalized spacial score (nSPS) is 18.4. The summed E-state index contributed by atoms with van der Waals surface area (Å²) in [5.41, 5.74) is -1.77. The first-order chi connectivity index (χ1) is 15.7. The summed E-state index contributed by atoms with van der Waals surface area (Å²) in [5, 5.41) is 11.4. The predicted molar refractivity (Wildman–Crippen MR) is 113 cm³/mol. The average Bonchev–Trinajstić information content (AvgIpc) is 3.25. The summed E-state index contributed by atoms with van der Waals surface area (Å²) in [4.78, 5) is 12.9. The Balaban J connectivity index is 1.77. The van der Waals surface area contributed by atoms with Crippen LogP contribution < -0.4 is 10.5 Å².